The van der Waals surface area contributed by atoms with Crippen LogP contribution >= 0.6 is 11.3 Å². The first-order valence-electron chi connectivity index (χ1n) is 7.84. The third-order valence-electron chi connectivity index (χ3n) is 4.29. The Bertz CT molecular complexity index is 471. The van der Waals surface area contributed by atoms with Gasteiger partial charge < -0.3 is 19.5 Å². The predicted octanol–water partition coefficient (Wildman–Crippen LogP) is 0.656. The van der Waals surface area contributed by atoms with Crippen molar-refractivity contribution in [1.82, 2.24) is 15.2 Å². The van der Waals surface area contributed by atoms with Crippen molar-refractivity contribution < 1.29 is 14.2 Å². The van der Waals surface area contributed by atoms with Crippen LogP contribution in [0.4, 0.5) is 0 Å². The minimum Gasteiger partial charge on any atom is -0.383 e. The van der Waals surface area contributed by atoms with Gasteiger partial charge in [-0.2, -0.15) is 0 Å². The van der Waals surface area contributed by atoms with Crippen LogP contribution in [-0.2, 0) is 20.8 Å². The van der Waals surface area contributed by atoms with E-state index in [1.165, 1.54) is 0 Å². The van der Waals surface area contributed by atoms with Crippen molar-refractivity contribution in [3.8, 4) is 0 Å². The highest BCUT2D eigenvalue weighted by atomic mass is 32.1. The third-order valence-corrected chi connectivity index (χ3v) is 5.11. The molecule has 0 spiro atoms. The second-order valence-electron chi connectivity index (χ2n) is 5.82. The summed E-state index contributed by atoms with van der Waals surface area (Å²) in [5.74, 6) is 0. The van der Waals surface area contributed by atoms with Gasteiger partial charge in [0.1, 0.15) is 0 Å². The van der Waals surface area contributed by atoms with E-state index >= 15 is 0 Å². The normalized spacial score (nSPS) is 28.9. The standard InChI is InChI=1S/C15H25N3O3S/c1-11-17-12(10-22-11)8-21-15-13(16-3-5-19-2)7-18-4-6-20-9-14(15)18/h10,13-16H,3-9H2,1-2H3. The van der Waals surface area contributed by atoms with E-state index < -0.39 is 0 Å². The minimum absolute atomic E-state index is 0.138. The molecule has 3 unspecified atom stereocenters. The Balaban J connectivity index is 1.60. The van der Waals surface area contributed by atoms with Gasteiger partial charge in [0.05, 0.1) is 49.3 Å². The minimum atomic E-state index is 0.138. The number of aromatic nitrogens is 1. The topological polar surface area (TPSA) is 55.9 Å². The van der Waals surface area contributed by atoms with Gasteiger partial charge in [-0.3, -0.25) is 4.90 Å². The van der Waals surface area contributed by atoms with Crippen molar-refractivity contribution >= 4 is 11.3 Å². The summed E-state index contributed by atoms with van der Waals surface area (Å²) >= 11 is 1.67. The van der Waals surface area contributed by atoms with Crippen molar-refractivity contribution in [1.29, 1.82) is 0 Å². The summed E-state index contributed by atoms with van der Waals surface area (Å²) < 4.78 is 17.0. The maximum Gasteiger partial charge on any atom is 0.0923 e. The largest absolute Gasteiger partial charge is 0.383 e. The number of hydrogen-bond acceptors (Lipinski definition) is 7. The fraction of sp³-hybridized carbons (Fsp3) is 0.800. The molecule has 124 valence electrons. The van der Waals surface area contributed by atoms with Crippen LogP contribution in [0.5, 0.6) is 0 Å². The Morgan fingerprint density at radius 2 is 2.45 bits per heavy atom. The van der Waals surface area contributed by atoms with Gasteiger partial charge in [0.2, 0.25) is 0 Å². The highest BCUT2D eigenvalue weighted by Gasteiger charge is 2.43. The zero-order chi connectivity index (χ0) is 15.4. The lowest BCUT2D eigenvalue weighted by atomic mass is 10.1. The fourth-order valence-corrected chi connectivity index (χ4v) is 3.82. The number of thiazole rings is 1. The second-order valence-corrected chi connectivity index (χ2v) is 6.89. The lowest BCUT2D eigenvalue weighted by Crippen LogP contribution is -2.48. The third kappa shape index (κ3) is 3.84. The number of rotatable bonds is 7. The maximum atomic E-state index is 6.23. The van der Waals surface area contributed by atoms with Crippen LogP contribution in [0, 0.1) is 6.92 Å². The van der Waals surface area contributed by atoms with Crippen molar-refractivity contribution in [2.75, 3.05) is 46.6 Å². The molecular formula is C15H25N3O3S. The van der Waals surface area contributed by atoms with Gasteiger partial charge >= 0.3 is 0 Å². The molecule has 2 aliphatic rings. The predicted molar refractivity (Wildman–Crippen MR) is 85.3 cm³/mol. The fourth-order valence-electron chi connectivity index (χ4n) is 3.22. The zero-order valence-electron chi connectivity index (χ0n) is 13.3. The molecule has 2 aliphatic heterocycles. The number of fused-ring (bicyclic) bond motifs is 1. The van der Waals surface area contributed by atoms with Gasteiger partial charge in [0, 0.05) is 38.2 Å². The summed E-state index contributed by atoms with van der Waals surface area (Å²) in [4.78, 5) is 6.96. The smallest absolute Gasteiger partial charge is 0.0923 e. The molecular weight excluding hydrogens is 302 g/mol. The number of aryl methyl sites for hydroxylation is 1. The summed E-state index contributed by atoms with van der Waals surface area (Å²) in [5, 5.41) is 6.73. The SMILES string of the molecule is COCCNC1CN2CCOCC2C1OCc1csc(C)n1. The lowest BCUT2D eigenvalue weighted by Gasteiger charge is -2.32. The van der Waals surface area contributed by atoms with Crippen LogP contribution in [0.1, 0.15) is 10.7 Å². The first-order valence-corrected chi connectivity index (χ1v) is 8.72. The van der Waals surface area contributed by atoms with E-state index in [0.29, 0.717) is 18.7 Å². The van der Waals surface area contributed by atoms with Crippen LogP contribution in [0.2, 0.25) is 0 Å². The van der Waals surface area contributed by atoms with E-state index in [1.54, 1.807) is 18.4 Å². The summed E-state index contributed by atoms with van der Waals surface area (Å²) in [6, 6.07) is 0.662. The molecule has 1 N–H and O–H groups in total. The molecule has 0 saturated carbocycles. The number of ether oxygens (including phenoxy) is 3. The van der Waals surface area contributed by atoms with E-state index in [4.69, 9.17) is 14.2 Å². The van der Waals surface area contributed by atoms with Crippen LogP contribution in [0.25, 0.3) is 0 Å². The second kappa shape index (κ2) is 7.81. The molecule has 1 aromatic rings. The molecule has 0 amide bonds. The quantitative estimate of drug-likeness (QED) is 0.743. The number of nitrogens with zero attached hydrogens (tertiary/aromatic N) is 2. The molecule has 3 atom stereocenters. The van der Waals surface area contributed by atoms with Crippen molar-refractivity contribution in [3.63, 3.8) is 0 Å². The summed E-state index contributed by atoms with van der Waals surface area (Å²) in [7, 11) is 1.73. The Hall–Kier alpha value is -0.570. The van der Waals surface area contributed by atoms with Gasteiger partial charge in [-0.15, -0.1) is 11.3 Å². The molecule has 1 aromatic heterocycles. The van der Waals surface area contributed by atoms with Gasteiger partial charge in [-0.05, 0) is 6.92 Å². The van der Waals surface area contributed by atoms with Crippen molar-refractivity contribution in [2.45, 2.75) is 31.7 Å². The van der Waals surface area contributed by atoms with Crippen LogP contribution in [0.3, 0.4) is 0 Å². The zero-order valence-corrected chi connectivity index (χ0v) is 14.1. The molecule has 0 radical (unpaired) electrons. The number of morpholine rings is 1. The lowest BCUT2D eigenvalue weighted by molar-refractivity contribution is -0.0542. The first-order chi connectivity index (χ1) is 10.8. The van der Waals surface area contributed by atoms with E-state index in [1.807, 2.05) is 6.92 Å². The molecule has 0 aliphatic carbocycles. The summed E-state index contributed by atoms with van der Waals surface area (Å²) in [5.41, 5.74) is 1.02. The highest BCUT2D eigenvalue weighted by Crippen LogP contribution is 2.25. The number of hydrogen-bond donors (Lipinski definition) is 1. The van der Waals surface area contributed by atoms with Crippen molar-refractivity contribution in [3.05, 3.63) is 16.1 Å². The molecule has 3 heterocycles. The van der Waals surface area contributed by atoms with E-state index in [0.717, 1.165) is 50.2 Å². The maximum absolute atomic E-state index is 6.23. The van der Waals surface area contributed by atoms with Gasteiger partial charge in [0.25, 0.3) is 0 Å². The molecule has 0 bridgehead atoms. The van der Waals surface area contributed by atoms with E-state index in [9.17, 15) is 0 Å². The number of nitrogens with one attached hydrogen (secondary N) is 1. The van der Waals surface area contributed by atoms with E-state index in [2.05, 4.69) is 20.6 Å². The average Bonchev–Trinajstić information content (AvgIpc) is 3.09. The summed E-state index contributed by atoms with van der Waals surface area (Å²) in [6.45, 7) is 7.73. The van der Waals surface area contributed by atoms with Crippen LogP contribution < -0.4 is 5.32 Å². The van der Waals surface area contributed by atoms with Crippen LogP contribution in [0.15, 0.2) is 5.38 Å². The Kier molecular flexibility index (Phi) is 5.78. The van der Waals surface area contributed by atoms with E-state index in [-0.39, 0.29) is 6.10 Å². The van der Waals surface area contributed by atoms with Gasteiger partial charge in [0.15, 0.2) is 0 Å². The van der Waals surface area contributed by atoms with Crippen molar-refractivity contribution in [2.24, 2.45) is 0 Å². The highest BCUT2D eigenvalue weighted by molar-refractivity contribution is 7.09. The first kappa shape index (κ1) is 16.3. The Morgan fingerprint density at radius 1 is 1.55 bits per heavy atom. The average molecular weight is 327 g/mol. The Labute approximate surface area is 135 Å². The van der Waals surface area contributed by atoms with Gasteiger partial charge in [-0.1, -0.05) is 0 Å². The van der Waals surface area contributed by atoms with Crippen LogP contribution in [-0.4, -0.2) is 74.6 Å². The van der Waals surface area contributed by atoms with Gasteiger partial charge in [-0.25, -0.2) is 4.98 Å². The molecule has 3 rings (SSSR count). The molecule has 22 heavy (non-hydrogen) atoms. The number of methoxy groups -OCH3 is 1. The molecule has 2 fully saturated rings. The molecule has 7 heteroatoms. The Morgan fingerprint density at radius 3 is 3.23 bits per heavy atom. The molecule has 6 nitrogen and oxygen atoms in total. The molecule has 2 saturated heterocycles. The molecule has 0 aromatic carbocycles. The summed E-state index contributed by atoms with van der Waals surface area (Å²) in [6.07, 6.45) is 0.138. The monoisotopic (exact) mass is 327 g/mol.